The quantitative estimate of drug-likeness (QED) is 0.314. The Bertz CT molecular complexity index is 1600. The number of fused-ring (bicyclic) bond motifs is 2. The van der Waals surface area contributed by atoms with Gasteiger partial charge in [0.25, 0.3) is 5.92 Å². The first kappa shape index (κ1) is 27.2. The molecule has 0 spiro atoms. The number of nitrogens with two attached hydrogens (primary N) is 1. The molecule has 1 atom stereocenters. The molecular weight excluding hydrogens is 570 g/mol. The molecule has 2 aromatic heterocycles. The lowest BCUT2D eigenvalue weighted by atomic mass is 10.0. The van der Waals surface area contributed by atoms with Crippen molar-refractivity contribution >= 4 is 55.0 Å². The van der Waals surface area contributed by atoms with Gasteiger partial charge in [0.1, 0.15) is 23.8 Å². The van der Waals surface area contributed by atoms with Crippen molar-refractivity contribution < 1.29 is 22.3 Å². The summed E-state index contributed by atoms with van der Waals surface area (Å²) in [4.78, 5) is 16.6. The average Bonchev–Trinajstić information content (AvgIpc) is 3.45. The number of likely N-dealkylation sites (N-methyl/N-ethyl adjacent to an activating group) is 1. The minimum atomic E-state index is -3.05. The number of aromatic nitrogens is 3. The third-order valence-corrected chi connectivity index (χ3v) is 8.55. The molecule has 8 nitrogen and oxygen atoms in total. The fourth-order valence-corrected chi connectivity index (χ4v) is 6.40. The molecule has 2 saturated heterocycles. The number of anilines is 2. The molecule has 4 heterocycles. The van der Waals surface area contributed by atoms with E-state index in [4.69, 9.17) is 22.1 Å². The van der Waals surface area contributed by atoms with E-state index in [0.29, 0.717) is 0 Å². The number of nitrogens with zero attached hydrogens (tertiary/aromatic N) is 5. The first-order valence-corrected chi connectivity index (χ1v) is 14.0. The van der Waals surface area contributed by atoms with Gasteiger partial charge < -0.3 is 25.6 Å². The van der Waals surface area contributed by atoms with Crippen molar-refractivity contribution in [3.8, 4) is 17.1 Å². The first-order valence-electron chi connectivity index (χ1n) is 12.8. The lowest BCUT2D eigenvalue weighted by Crippen LogP contribution is -2.39. The monoisotopic (exact) mass is 595 g/mol. The molecule has 212 valence electrons. The van der Waals surface area contributed by atoms with Gasteiger partial charge in [-0.1, -0.05) is 22.9 Å². The number of likely N-dealkylation sites (tertiary alicyclic amines) is 1. The summed E-state index contributed by atoms with van der Waals surface area (Å²) >= 11 is 7.57. The standard InChI is InChI=1S/C26H26ClF4N7OS/c1-37-7-2-3-13(37)10-39-25-35-20-15(23(36-25)38-8-6-33-11-26(30,31)12-38)9-16(27)18(19(20)29)14-4-5-17(28)22-21(14)34-24(32)40-22/h4-5,9,13,33H,2-3,6-8,10-12H2,1H3,(H2,32,34)/t13-/m0/s1. The van der Waals surface area contributed by atoms with Gasteiger partial charge in [-0.05, 0) is 44.6 Å². The van der Waals surface area contributed by atoms with E-state index in [-0.39, 0.29) is 80.0 Å². The maximum absolute atomic E-state index is 16.4. The van der Waals surface area contributed by atoms with Gasteiger partial charge in [0, 0.05) is 35.6 Å². The van der Waals surface area contributed by atoms with Crippen LogP contribution in [0.5, 0.6) is 6.01 Å². The zero-order valence-corrected chi connectivity index (χ0v) is 23.1. The second kappa shape index (κ2) is 10.4. The van der Waals surface area contributed by atoms with E-state index in [1.165, 1.54) is 23.1 Å². The Hall–Kier alpha value is -3.00. The number of rotatable bonds is 5. The Labute approximate surface area is 236 Å². The number of hydrogen-bond donors (Lipinski definition) is 2. The summed E-state index contributed by atoms with van der Waals surface area (Å²) in [5, 5.41) is 2.97. The second-order valence-corrected chi connectivity index (χ2v) is 11.6. The van der Waals surface area contributed by atoms with Gasteiger partial charge in [0.2, 0.25) is 0 Å². The van der Waals surface area contributed by atoms with Crippen molar-refractivity contribution in [2.45, 2.75) is 24.8 Å². The summed E-state index contributed by atoms with van der Waals surface area (Å²) in [7, 11) is 1.99. The van der Waals surface area contributed by atoms with Gasteiger partial charge in [0.05, 0.1) is 28.3 Å². The number of alkyl halides is 2. The van der Waals surface area contributed by atoms with Crippen LogP contribution in [-0.4, -0.2) is 78.2 Å². The van der Waals surface area contributed by atoms with E-state index in [9.17, 15) is 13.2 Å². The molecule has 0 radical (unpaired) electrons. The van der Waals surface area contributed by atoms with Gasteiger partial charge in [0.15, 0.2) is 10.9 Å². The molecule has 0 saturated carbocycles. The molecule has 2 fully saturated rings. The van der Waals surface area contributed by atoms with Gasteiger partial charge in [-0.15, -0.1) is 0 Å². The van der Waals surface area contributed by atoms with E-state index in [0.717, 1.165) is 30.7 Å². The SMILES string of the molecule is CN1CCC[C@H]1COc1nc(N2CCNCC(F)(F)C2)c2cc(Cl)c(-c3ccc(F)c4sc(N)nc34)c(F)c2n1. The zero-order valence-electron chi connectivity index (χ0n) is 21.5. The third-order valence-electron chi connectivity index (χ3n) is 7.36. The maximum atomic E-state index is 16.4. The number of nitrogen functional groups attached to an aromatic ring is 1. The van der Waals surface area contributed by atoms with Crippen LogP contribution in [0, 0.1) is 11.6 Å². The zero-order chi connectivity index (χ0) is 28.2. The lowest BCUT2D eigenvalue weighted by molar-refractivity contribution is 0.0156. The van der Waals surface area contributed by atoms with E-state index >= 15 is 4.39 Å². The molecule has 2 aliphatic rings. The van der Waals surface area contributed by atoms with Crippen LogP contribution >= 0.6 is 22.9 Å². The lowest BCUT2D eigenvalue weighted by Gasteiger charge is -2.26. The largest absolute Gasteiger partial charge is 0.462 e. The number of thiazole rings is 1. The third kappa shape index (κ3) is 5.00. The molecule has 0 unspecified atom stereocenters. The van der Waals surface area contributed by atoms with Gasteiger partial charge in [-0.25, -0.2) is 22.5 Å². The number of nitrogens with one attached hydrogen (secondary N) is 1. The van der Waals surface area contributed by atoms with Crippen LogP contribution in [-0.2, 0) is 0 Å². The van der Waals surface area contributed by atoms with Crippen molar-refractivity contribution in [2.75, 3.05) is 57.0 Å². The summed E-state index contributed by atoms with van der Waals surface area (Å²) in [6.07, 6.45) is 1.94. The van der Waals surface area contributed by atoms with E-state index in [2.05, 4.69) is 25.2 Å². The topological polar surface area (TPSA) is 92.4 Å². The Kier molecular flexibility index (Phi) is 7.09. The Morgan fingerprint density at radius 2 is 2.02 bits per heavy atom. The molecule has 2 aliphatic heterocycles. The fraction of sp³-hybridized carbons (Fsp3) is 0.423. The highest BCUT2D eigenvalue weighted by atomic mass is 35.5. The maximum Gasteiger partial charge on any atom is 0.319 e. The number of hydrogen-bond acceptors (Lipinski definition) is 9. The van der Waals surface area contributed by atoms with E-state index < -0.39 is 30.6 Å². The van der Waals surface area contributed by atoms with E-state index in [1.54, 1.807) is 0 Å². The van der Waals surface area contributed by atoms with E-state index in [1.807, 2.05) is 7.05 Å². The molecule has 6 rings (SSSR count). The summed E-state index contributed by atoms with van der Waals surface area (Å²) in [5.41, 5.74) is 6.01. The average molecular weight is 596 g/mol. The minimum absolute atomic E-state index is 0.0321. The molecule has 4 aromatic rings. The predicted molar refractivity (Wildman–Crippen MR) is 149 cm³/mol. The Morgan fingerprint density at radius 1 is 1.20 bits per heavy atom. The van der Waals surface area contributed by atoms with Crippen LogP contribution < -0.4 is 20.7 Å². The summed E-state index contributed by atoms with van der Waals surface area (Å²) < 4.78 is 66.2. The molecule has 2 aromatic carbocycles. The van der Waals surface area contributed by atoms with Gasteiger partial charge in [-0.3, -0.25) is 0 Å². The molecule has 0 bridgehead atoms. The van der Waals surface area contributed by atoms with Crippen molar-refractivity contribution in [3.63, 3.8) is 0 Å². The number of halogens is 5. The van der Waals surface area contributed by atoms with Crippen LogP contribution in [0.4, 0.5) is 28.5 Å². The smallest absolute Gasteiger partial charge is 0.319 e. The minimum Gasteiger partial charge on any atom is -0.462 e. The van der Waals surface area contributed by atoms with Crippen molar-refractivity contribution in [3.05, 3.63) is 34.9 Å². The van der Waals surface area contributed by atoms with Crippen LogP contribution in [0.15, 0.2) is 18.2 Å². The summed E-state index contributed by atoms with van der Waals surface area (Å²) in [6.45, 7) is 0.548. The molecule has 3 N–H and O–H groups in total. The molecular formula is C26H26ClF4N7OS. The summed E-state index contributed by atoms with van der Waals surface area (Å²) in [5.74, 6) is -4.32. The number of benzene rings is 2. The summed E-state index contributed by atoms with van der Waals surface area (Å²) in [6, 6.07) is 4.02. The normalized spacial score (nSPS) is 19.9. The fourth-order valence-electron chi connectivity index (χ4n) is 5.35. The Balaban J connectivity index is 1.52. The van der Waals surface area contributed by atoms with Crippen molar-refractivity contribution in [1.29, 1.82) is 0 Å². The molecule has 0 aliphatic carbocycles. The number of ether oxygens (including phenoxy) is 1. The van der Waals surface area contributed by atoms with Crippen LogP contribution in [0.1, 0.15) is 12.8 Å². The van der Waals surface area contributed by atoms with Gasteiger partial charge >= 0.3 is 6.01 Å². The highest BCUT2D eigenvalue weighted by Gasteiger charge is 2.35. The molecule has 40 heavy (non-hydrogen) atoms. The van der Waals surface area contributed by atoms with Crippen LogP contribution in [0.2, 0.25) is 5.02 Å². The highest BCUT2D eigenvalue weighted by Crippen LogP contribution is 2.43. The Morgan fingerprint density at radius 3 is 2.80 bits per heavy atom. The van der Waals surface area contributed by atoms with Crippen molar-refractivity contribution in [2.24, 2.45) is 0 Å². The highest BCUT2D eigenvalue weighted by molar-refractivity contribution is 7.22. The second-order valence-electron chi connectivity index (χ2n) is 10.1. The van der Waals surface area contributed by atoms with Crippen LogP contribution in [0.3, 0.4) is 0 Å². The van der Waals surface area contributed by atoms with Gasteiger partial charge in [-0.2, -0.15) is 9.97 Å². The molecule has 0 amide bonds. The van der Waals surface area contributed by atoms with Crippen molar-refractivity contribution in [1.82, 2.24) is 25.2 Å². The first-order chi connectivity index (χ1) is 19.1. The predicted octanol–water partition coefficient (Wildman–Crippen LogP) is 4.94. The van der Waals surface area contributed by atoms with Crippen LogP contribution in [0.25, 0.3) is 32.2 Å². The molecule has 14 heteroatoms.